The van der Waals surface area contributed by atoms with E-state index in [1.807, 2.05) is 18.2 Å². The lowest BCUT2D eigenvalue weighted by atomic mass is 10.1. The van der Waals surface area contributed by atoms with Crippen LogP contribution in [0.15, 0.2) is 35.5 Å². The molecule has 3 heterocycles. The highest BCUT2D eigenvalue weighted by Crippen LogP contribution is 2.28. The van der Waals surface area contributed by atoms with Gasteiger partial charge in [0.2, 0.25) is 0 Å². The number of quaternary nitrogens is 1. The van der Waals surface area contributed by atoms with Gasteiger partial charge >= 0.3 is 12.0 Å². The molecular formula is C19H23N4O3S+. The zero-order valence-corrected chi connectivity index (χ0v) is 16.0. The van der Waals surface area contributed by atoms with Crippen molar-refractivity contribution in [2.75, 3.05) is 26.2 Å². The van der Waals surface area contributed by atoms with Gasteiger partial charge in [-0.2, -0.15) is 0 Å². The van der Waals surface area contributed by atoms with Crippen molar-refractivity contribution in [3.05, 3.63) is 40.5 Å². The first-order chi connectivity index (χ1) is 13.2. The summed E-state index contributed by atoms with van der Waals surface area (Å²) in [5.74, 6) is -0.366. The van der Waals surface area contributed by atoms with E-state index in [0.29, 0.717) is 24.4 Å². The van der Waals surface area contributed by atoms with E-state index in [2.05, 4.69) is 16.7 Å². The first-order valence-electron chi connectivity index (χ1n) is 9.29. The second kappa shape index (κ2) is 7.66. The molecule has 4 rings (SSSR count). The number of urea groups is 1. The zero-order valence-electron chi connectivity index (χ0n) is 15.2. The first kappa shape index (κ1) is 17.9. The molecule has 0 bridgehead atoms. The Balaban J connectivity index is 1.59. The normalized spacial score (nSPS) is 22.6. The molecule has 2 amide bonds. The van der Waals surface area contributed by atoms with Crippen LogP contribution >= 0.6 is 11.3 Å². The molecule has 2 aliphatic rings. The van der Waals surface area contributed by atoms with E-state index in [4.69, 9.17) is 9.72 Å². The Labute approximate surface area is 161 Å². The number of para-hydroxylation sites is 1. The third-order valence-electron chi connectivity index (χ3n) is 5.07. The second-order valence-electron chi connectivity index (χ2n) is 6.78. The maximum absolute atomic E-state index is 12.3. The Morgan fingerprint density at radius 2 is 2.26 bits per heavy atom. The van der Waals surface area contributed by atoms with Gasteiger partial charge in [-0.3, -0.25) is 0 Å². The van der Waals surface area contributed by atoms with Crippen molar-refractivity contribution in [2.45, 2.75) is 25.8 Å². The molecule has 142 valence electrons. The molecule has 27 heavy (non-hydrogen) atoms. The highest BCUT2D eigenvalue weighted by molar-refractivity contribution is 7.18. The van der Waals surface area contributed by atoms with Crippen LogP contribution < -0.4 is 15.5 Å². The number of aromatic nitrogens is 1. The van der Waals surface area contributed by atoms with E-state index >= 15 is 0 Å². The van der Waals surface area contributed by atoms with Gasteiger partial charge in [0.1, 0.15) is 12.6 Å². The number of hydrogen-bond acceptors (Lipinski definition) is 5. The minimum Gasteiger partial charge on any atom is -0.463 e. The number of nitrogens with zero attached hydrogens (tertiary/aromatic N) is 1. The van der Waals surface area contributed by atoms with Gasteiger partial charge < -0.3 is 20.3 Å². The molecule has 2 atom stereocenters. The molecule has 0 aliphatic carbocycles. The van der Waals surface area contributed by atoms with Gasteiger partial charge in [0.05, 0.1) is 41.2 Å². The minimum atomic E-state index is -0.366. The van der Waals surface area contributed by atoms with Gasteiger partial charge in [0.15, 0.2) is 5.01 Å². The molecule has 8 heteroatoms. The van der Waals surface area contributed by atoms with E-state index in [9.17, 15) is 9.59 Å². The summed E-state index contributed by atoms with van der Waals surface area (Å²) in [6.45, 7) is 3.88. The number of hydrogen-bond donors (Lipinski definition) is 3. The number of fused-ring (bicyclic) bond motifs is 1. The third kappa shape index (κ3) is 3.68. The number of amides is 2. The summed E-state index contributed by atoms with van der Waals surface area (Å²) in [6, 6.07) is 8.19. The average molecular weight is 387 g/mol. The van der Waals surface area contributed by atoms with Crippen molar-refractivity contribution >= 4 is 33.6 Å². The molecule has 1 unspecified atom stereocenters. The van der Waals surface area contributed by atoms with Crippen LogP contribution in [0.25, 0.3) is 10.2 Å². The van der Waals surface area contributed by atoms with Crippen molar-refractivity contribution in [1.82, 2.24) is 15.6 Å². The van der Waals surface area contributed by atoms with Crippen molar-refractivity contribution in [3.63, 3.8) is 0 Å². The molecular weight excluding hydrogens is 364 g/mol. The number of carbonyl (C=O) groups is 2. The highest BCUT2D eigenvalue weighted by atomic mass is 32.1. The van der Waals surface area contributed by atoms with Crippen LogP contribution in [0.5, 0.6) is 0 Å². The summed E-state index contributed by atoms with van der Waals surface area (Å²) >= 11 is 1.74. The molecule has 2 aliphatic heterocycles. The number of ether oxygens (including phenoxy) is 1. The third-order valence-corrected chi connectivity index (χ3v) is 6.22. The van der Waals surface area contributed by atoms with E-state index in [-0.39, 0.29) is 24.6 Å². The fourth-order valence-corrected chi connectivity index (χ4v) is 4.94. The molecule has 1 aromatic carbocycles. The number of esters is 1. The van der Waals surface area contributed by atoms with Crippen LogP contribution in [0.4, 0.5) is 4.79 Å². The number of thiazole rings is 1. The summed E-state index contributed by atoms with van der Waals surface area (Å²) in [6.07, 6.45) is 2.16. The fourth-order valence-electron chi connectivity index (χ4n) is 3.78. The Morgan fingerprint density at radius 3 is 3.07 bits per heavy atom. The average Bonchev–Trinajstić information content (AvgIpc) is 3.28. The zero-order chi connectivity index (χ0) is 18.8. The molecule has 1 fully saturated rings. The number of carbonyl (C=O) groups excluding carboxylic acids is 2. The van der Waals surface area contributed by atoms with Gasteiger partial charge in [-0.25, -0.2) is 14.6 Å². The molecule has 0 saturated carbocycles. The number of benzene rings is 1. The van der Waals surface area contributed by atoms with Gasteiger partial charge in [0, 0.05) is 12.8 Å². The van der Waals surface area contributed by atoms with Gasteiger partial charge in [-0.15, -0.1) is 11.3 Å². The quantitative estimate of drug-likeness (QED) is 0.672. The molecule has 2 aromatic rings. The van der Waals surface area contributed by atoms with Gasteiger partial charge in [0.25, 0.3) is 0 Å². The van der Waals surface area contributed by atoms with E-state index in [1.165, 1.54) is 9.60 Å². The smallest absolute Gasteiger partial charge is 0.337 e. The maximum atomic E-state index is 12.3. The van der Waals surface area contributed by atoms with Crippen LogP contribution in [0, 0.1) is 0 Å². The van der Waals surface area contributed by atoms with E-state index in [1.54, 1.807) is 18.3 Å². The summed E-state index contributed by atoms with van der Waals surface area (Å²) in [5, 5.41) is 6.61. The Morgan fingerprint density at radius 1 is 1.41 bits per heavy atom. The predicted molar refractivity (Wildman–Crippen MR) is 102 cm³/mol. The first-order valence-corrected chi connectivity index (χ1v) is 10.1. The molecule has 7 nitrogen and oxygen atoms in total. The topological polar surface area (TPSA) is 84.8 Å². The lowest BCUT2D eigenvalue weighted by Crippen LogP contribution is -3.10. The molecule has 1 saturated heterocycles. The summed E-state index contributed by atoms with van der Waals surface area (Å²) in [4.78, 5) is 30.2. The van der Waals surface area contributed by atoms with Crippen molar-refractivity contribution < 1.29 is 19.2 Å². The summed E-state index contributed by atoms with van der Waals surface area (Å²) in [5.41, 5.74) is 2.21. The lowest BCUT2D eigenvalue weighted by Gasteiger charge is -2.25. The summed E-state index contributed by atoms with van der Waals surface area (Å²) in [7, 11) is 0. The second-order valence-corrected chi connectivity index (χ2v) is 7.85. The van der Waals surface area contributed by atoms with E-state index in [0.717, 1.165) is 29.9 Å². The monoisotopic (exact) mass is 387 g/mol. The molecule has 1 aromatic heterocycles. The lowest BCUT2D eigenvalue weighted by molar-refractivity contribution is -0.913. The molecule has 0 spiro atoms. The van der Waals surface area contributed by atoms with Crippen molar-refractivity contribution in [3.8, 4) is 0 Å². The molecule has 0 radical (unpaired) electrons. The number of likely N-dealkylation sites (tertiary alicyclic amines) is 1. The van der Waals surface area contributed by atoms with Crippen LogP contribution in [0.1, 0.15) is 30.8 Å². The van der Waals surface area contributed by atoms with Crippen LogP contribution in [0.2, 0.25) is 0 Å². The number of rotatable bonds is 5. The highest BCUT2D eigenvalue weighted by Gasteiger charge is 2.35. The van der Waals surface area contributed by atoms with Gasteiger partial charge in [-0.05, 0) is 19.1 Å². The van der Waals surface area contributed by atoms with Crippen molar-refractivity contribution in [2.24, 2.45) is 0 Å². The predicted octanol–water partition coefficient (Wildman–Crippen LogP) is 1.15. The van der Waals surface area contributed by atoms with Crippen LogP contribution in [-0.4, -0.2) is 43.2 Å². The van der Waals surface area contributed by atoms with E-state index < -0.39 is 0 Å². The van der Waals surface area contributed by atoms with Crippen LogP contribution in [-0.2, 0) is 9.53 Å². The maximum Gasteiger partial charge on any atom is 0.337 e. The molecule has 3 N–H and O–H groups in total. The fraction of sp³-hybridized carbons (Fsp3) is 0.421. The number of nitrogens with one attached hydrogen (secondary N) is 3. The Hall–Kier alpha value is -2.45. The van der Waals surface area contributed by atoms with Crippen molar-refractivity contribution in [1.29, 1.82) is 0 Å². The van der Waals surface area contributed by atoms with Gasteiger partial charge in [-0.1, -0.05) is 12.1 Å². The Kier molecular flexibility index (Phi) is 5.09. The minimum absolute atomic E-state index is 0.207. The standard InChI is InChI=1S/C19H22N4O3S/c1-2-26-18(24)12-10-20-19(25)22-14(12)11-23-9-5-7-15(23)17-21-13-6-3-4-8-16(13)27-17/h3-4,6,8,15H,2,5,7,9-11H2,1H3,(H2,20,22,25)/p+1/t15-/m0/s1. The Bertz CT molecular complexity index is 874. The SMILES string of the molecule is CCOC(=O)C1=C(C[NH+]2CCC[C@H]2c2nc3ccccc3s2)NC(=O)NC1. The van der Waals surface area contributed by atoms with Crippen LogP contribution in [0.3, 0.4) is 0 Å². The summed E-state index contributed by atoms with van der Waals surface area (Å²) < 4.78 is 6.35. The largest absolute Gasteiger partial charge is 0.463 e.